The zero-order valence-corrected chi connectivity index (χ0v) is 26.7. The van der Waals surface area contributed by atoms with Gasteiger partial charge in [0, 0.05) is 24.5 Å². The molecular formula is C30H54N5O7+. The molecule has 0 saturated carbocycles. The lowest BCUT2D eigenvalue weighted by Gasteiger charge is -2.24. The Balaban J connectivity index is 1.38. The highest BCUT2D eigenvalue weighted by Crippen LogP contribution is 2.35. The molecule has 42 heavy (non-hydrogen) atoms. The Hall–Kier alpha value is -2.41. The van der Waals surface area contributed by atoms with Gasteiger partial charge in [0.15, 0.2) is 6.20 Å². The minimum absolute atomic E-state index is 0.0254. The van der Waals surface area contributed by atoms with Gasteiger partial charge >= 0.3 is 0 Å². The predicted octanol–water partition coefficient (Wildman–Crippen LogP) is 2.41. The molecule has 2 rings (SSSR count). The first-order valence-corrected chi connectivity index (χ1v) is 15.2. The Morgan fingerprint density at radius 1 is 0.952 bits per heavy atom. The fourth-order valence-corrected chi connectivity index (χ4v) is 4.43. The van der Waals surface area contributed by atoms with Crippen molar-refractivity contribution in [3.63, 3.8) is 0 Å². The second-order valence-electron chi connectivity index (χ2n) is 13.0. The van der Waals surface area contributed by atoms with E-state index in [0.717, 1.165) is 25.8 Å². The Kier molecular flexibility index (Phi) is 15.6. The van der Waals surface area contributed by atoms with E-state index < -0.39 is 0 Å². The van der Waals surface area contributed by atoms with Crippen molar-refractivity contribution in [3.05, 3.63) is 11.9 Å². The van der Waals surface area contributed by atoms with Gasteiger partial charge in [-0.15, -0.1) is 0 Å². The van der Waals surface area contributed by atoms with E-state index in [1.54, 1.807) is 10.9 Å². The van der Waals surface area contributed by atoms with E-state index in [0.29, 0.717) is 76.9 Å². The van der Waals surface area contributed by atoms with Gasteiger partial charge in [-0.2, -0.15) is 4.68 Å². The number of imide groups is 1. The van der Waals surface area contributed by atoms with Crippen molar-refractivity contribution in [2.45, 2.75) is 86.7 Å². The van der Waals surface area contributed by atoms with Crippen LogP contribution in [0.1, 0.15) is 79.3 Å². The lowest BCUT2D eigenvalue weighted by Crippen LogP contribution is -2.38. The Labute approximate surface area is 251 Å². The molecule has 2 heterocycles. The average molecular weight is 597 g/mol. The van der Waals surface area contributed by atoms with Crippen LogP contribution in [0.5, 0.6) is 0 Å². The van der Waals surface area contributed by atoms with Gasteiger partial charge in [-0.3, -0.25) is 19.3 Å². The van der Waals surface area contributed by atoms with Crippen molar-refractivity contribution in [1.29, 1.82) is 0 Å². The highest BCUT2D eigenvalue weighted by atomic mass is 16.6. The number of unbranched alkanes of at least 4 members (excludes halogenated alkanes) is 1. The maximum atomic E-state index is 12.7. The van der Waals surface area contributed by atoms with E-state index in [4.69, 9.17) is 18.9 Å². The summed E-state index contributed by atoms with van der Waals surface area (Å²) in [5, 5.41) is 10.0. The van der Waals surface area contributed by atoms with Gasteiger partial charge in [-0.25, -0.2) is 0 Å². The van der Waals surface area contributed by atoms with Gasteiger partial charge in [0.25, 0.3) is 0 Å². The van der Waals surface area contributed by atoms with Gasteiger partial charge in [0.05, 0.1) is 58.8 Å². The third-order valence-electron chi connectivity index (χ3n) is 6.98. The Morgan fingerprint density at radius 2 is 1.55 bits per heavy atom. The lowest BCUT2D eigenvalue weighted by molar-refractivity contribution is -0.754. The molecule has 1 atom stereocenters. The van der Waals surface area contributed by atoms with Crippen molar-refractivity contribution in [1.82, 2.24) is 20.5 Å². The quantitative estimate of drug-likeness (QED) is 0.125. The SMILES string of the molecule is CC(C)(C)CCCCNC(=O)CCOCCOCCOCCOCC[n+]1cc(CN2C(=O)CC(C(C)(C)C)C2=O)n[nH]1. The van der Waals surface area contributed by atoms with Crippen LogP contribution in [0.2, 0.25) is 0 Å². The summed E-state index contributed by atoms with van der Waals surface area (Å²) in [5.41, 5.74) is 0.723. The molecule has 1 fully saturated rings. The molecule has 12 heteroatoms. The van der Waals surface area contributed by atoms with Crippen LogP contribution in [0.25, 0.3) is 0 Å². The molecule has 0 aliphatic carbocycles. The molecule has 2 N–H and O–H groups in total. The second kappa shape index (κ2) is 18.3. The number of nitrogens with one attached hydrogen (secondary N) is 2. The first-order valence-electron chi connectivity index (χ1n) is 15.2. The Morgan fingerprint density at radius 3 is 2.12 bits per heavy atom. The van der Waals surface area contributed by atoms with Crippen molar-refractivity contribution in [3.8, 4) is 0 Å². The highest BCUT2D eigenvalue weighted by Gasteiger charge is 2.45. The van der Waals surface area contributed by atoms with Crippen molar-refractivity contribution in [2.24, 2.45) is 16.7 Å². The van der Waals surface area contributed by atoms with E-state index in [1.807, 2.05) is 20.8 Å². The normalized spacial score (nSPS) is 16.0. The number of nitrogens with zero attached hydrogens (tertiary/aromatic N) is 3. The van der Waals surface area contributed by atoms with E-state index in [2.05, 4.69) is 36.4 Å². The minimum Gasteiger partial charge on any atom is -0.379 e. The first kappa shape index (κ1) is 35.8. The largest absolute Gasteiger partial charge is 0.379 e. The predicted molar refractivity (Wildman–Crippen MR) is 156 cm³/mol. The molecule has 1 aliphatic heterocycles. The van der Waals surface area contributed by atoms with Crippen LogP contribution in [0, 0.1) is 16.7 Å². The van der Waals surface area contributed by atoms with Crippen LogP contribution in [0.15, 0.2) is 6.20 Å². The highest BCUT2D eigenvalue weighted by molar-refractivity contribution is 6.03. The fraction of sp³-hybridized carbons (Fsp3) is 0.833. The number of aromatic amines is 1. The van der Waals surface area contributed by atoms with Crippen LogP contribution in [0.3, 0.4) is 0 Å². The molecule has 3 amide bonds. The van der Waals surface area contributed by atoms with E-state index in [9.17, 15) is 14.4 Å². The van der Waals surface area contributed by atoms with Crippen LogP contribution < -0.4 is 10.00 Å². The topological polar surface area (TPSA) is 136 Å². The number of likely N-dealkylation sites (tertiary alicyclic amines) is 1. The standard InChI is InChI=1S/C30H53N5O7/c1-29(2,3)10-7-8-11-31-26(36)9-13-39-15-17-41-19-20-42-18-16-40-14-12-34-22-24(32-33-34)23-35-27(37)21-25(28(35)38)30(4,5)6/h22,25H,7-21,23H2,1-6H3,(H,31,36)/p+1. The number of hydrogen-bond donors (Lipinski definition) is 2. The lowest BCUT2D eigenvalue weighted by atomic mass is 9.80. The summed E-state index contributed by atoms with van der Waals surface area (Å²) in [6.45, 7) is 17.7. The molecule has 1 unspecified atom stereocenters. The van der Waals surface area contributed by atoms with Crippen LogP contribution in [0.4, 0.5) is 0 Å². The number of H-pyrrole nitrogens is 1. The summed E-state index contributed by atoms with van der Waals surface area (Å²) in [5.74, 6) is -0.539. The Bertz CT molecular complexity index is 955. The van der Waals surface area contributed by atoms with Crippen molar-refractivity contribution < 1.29 is 38.0 Å². The number of ether oxygens (including phenoxy) is 4. The van der Waals surface area contributed by atoms with E-state index in [-0.39, 0.29) is 42.0 Å². The molecule has 1 aromatic rings. The number of rotatable bonds is 21. The maximum Gasteiger partial charge on any atom is 0.238 e. The van der Waals surface area contributed by atoms with Crippen LogP contribution >= 0.6 is 0 Å². The average Bonchev–Trinajstić information content (AvgIpc) is 3.47. The zero-order chi connectivity index (χ0) is 31.0. The summed E-state index contributed by atoms with van der Waals surface area (Å²) in [7, 11) is 0. The molecule has 0 aromatic carbocycles. The number of carbonyl (C=O) groups excluding carboxylic acids is 3. The maximum absolute atomic E-state index is 12.7. The smallest absolute Gasteiger partial charge is 0.238 e. The summed E-state index contributed by atoms with van der Waals surface area (Å²) < 4.78 is 23.8. The second-order valence-corrected chi connectivity index (χ2v) is 13.0. The van der Waals surface area contributed by atoms with Crippen molar-refractivity contribution in [2.75, 3.05) is 59.4 Å². The molecule has 0 radical (unpaired) electrons. The van der Waals surface area contributed by atoms with Gasteiger partial charge in [0.1, 0.15) is 13.1 Å². The third-order valence-corrected chi connectivity index (χ3v) is 6.98. The van der Waals surface area contributed by atoms with Crippen LogP contribution in [-0.2, 0) is 46.4 Å². The van der Waals surface area contributed by atoms with Gasteiger partial charge in [0.2, 0.25) is 23.4 Å². The monoisotopic (exact) mass is 596 g/mol. The number of hydrogen-bond acceptors (Lipinski definition) is 8. The van der Waals surface area contributed by atoms with Crippen molar-refractivity contribution >= 4 is 17.7 Å². The third kappa shape index (κ3) is 14.7. The molecule has 1 aliphatic rings. The number of carbonyl (C=O) groups is 3. The van der Waals surface area contributed by atoms with Gasteiger partial charge in [-0.1, -0.05) is 53.2 Å². The summed E-state index contributed by atoms with van der Waals surface area (Å²) in [6.07, 6.45) is 5.69. The summed E-state index contributed by atoms with van der Waals surface area (Å²) in [4.78, 5) is 38.1. The van der Waals surface area contributed by atoms with E-state index in [1.165, 1.54) is 4.90 Å². The summed E-state index contributed by atoms with van der Waals surface area (Å²) >= 11 is 0. The van der Waals surface area contributed by atoms with Gasteiger partial charge < -0.3 is 24.3 Å². The van der Waals surface area contributed by atoms with E-state index >= 15 is 0 Å². The van der Waals surface area contributed by atoms with Gasteiger partial charge in [-0.05, 0) is 23.7 Å². The number of amides is 3. The molecule has 1 saturated heterocycles. The zero-order valence-electron chi connectivity index (χ0n) is 26.7. The molecule has 240 valence electrons. The molecule has 1 aromatic heterocycles. The molecule has 0 spiro atoms. The fourth-order valence-electron chi connectivity index (χ4n) is 4.43. The first-order chi connectivity index (χ1) is 19.9. The summed E-state index contributed by atoms with van der Waals surface area (Å²) in [6, 6.07) is 0. The number of aromatic nitrogens is 3. The minimum atomic E-state index is -0.290. The molecule has 0 bridgehead atoms. The molecule has 12 nitrogen and oxygen atoms in total. The molecular weight excluding hydrogens is 542 g/mol. The van der Waals surface area contributed by atoms with Crippen LogP contribution in [-0.4, -0.2) is 92.3 Å².